The molecule has 0 atom stereocenters. The van der Waals surface area contributed by atoms with Crippen LogP contribution < -0.4 is 0 Å². The fourth-order valence-electron chi connectivity index (χ4n) is 0.350. The van der Waals surface area contributed by atoms with Crippen molar-refractivity contribution < 1.29 is 14.5 Å². The van der Waals surface area contributed by atoms with Crippen LogP contribution in [0.5, 0.6) is 0 Å². The summed E-state index contributed by atoms with van der Waals surface area (Å²) in [4.78, 5) is 8.86. The van der Waals surface area contributed by atoms with E-state index in [-0.39, 0.29) is 6.29 Å². The lowest BCUT2D eigenvalue weighted by molar-refractivity contribution is 0.0850. The van der Waals surface area contributed by atoms with E-state index < -0.39 is 0 Å². The molecular weight excluding hydrogens is 96.0 g/mol. The topological polar surface area (TPSA) is 34.3 Å². The highest BCUT2D eigenvalue weighted by atomic mass is 17.4. The molecule has 0 aromatic heterocycles. The third kappa shape index (κ3) is 1.87. The van der Waals surface area contributed by atoms with Crippen molar-refractivity contribution in [1.29, 1.82) is 0 Å². The van der Waals surface area contributed by atoms with Crippen LogP contribution in [0, 0.1) is 0 Å². The van der Waals surface area contributed by atoms with E-state index in [2.05, 4.69) is 9.78 Å². The summed E-state index contributed by atoms with van der Waals surface area (Å²) in [5.41, 5.74) is 0. The minimum absolute atomic E-state index is 0.0277. The van der Waals surface area contributed by atoms with Crippen LogP contribution in [0.2, 0.25) is 0 Å². The van der Waals surface area contributed by atoms with Crippen LogP contribution >= 0.6 is 0 Å². The van der Waals surface area contributed by atoms with Crippen LogP contribution in [0.1, 0.15) is 6.42 Å². The van der Waals surface area contributed by atoms with Gasteiger partial charge in [-0.05, 0) is 0 Å². The van der Waals surface area contributed by atoms with Gasteiger partial charge in [0.05, 0.1) is 6.61 Å². The van der Waals surface area contributed by atoms with Gasteiger partial charge >= 0.3 is 0 Å². The van der Waals surface area contributed by atoms with Crippen LogP contribution in [0.25, 0.3) is 0 Å². The summed E-state index contributed by atoms with van der Waals surface area (Å²) in [5.74, 6) is 0. The number of hydrogen-bond acceptors (Lipinski definition) is 3. The lowest BCUT2D eigenvalue weighted by atomic mass is 10.5. The SMILES string of the molecule is COCCC1OO1. The Bertz CT molecular complexity index is 50.9. The first-order valence-corrected chi connectivity index (χ1v) is 2.24. The molecule has 0 aromatic carbocycles. The van der Waals surface area contributed by atoms with Crippen molar-refractivity contribution in [3.8, 4) is 0 Å². The molecule has 0 amide bonds. The highest BCUT2D eigenvalue weighted by Gasteiger charge is 2.24. The molecule has 1 aliphatic heterocycles. The van der Waals surface area contributed by atoms with Gasteiger partial charge in [-0.15, -0.1) is 0 Å². The van der Waals surface area contributed by atoms with Crippen molar-refractivity contribution in [2.45, 2.75) is 12.7 Å². The largest absolute Gasteiger partial charge is 0.384 e. The van der Waals surface area contributed by atoms with E-state index in [1.165, 1.54) is 0 Å². The summed E-state index contributed by atoms with van der Waals surface area (Å²) >= 11 is 0. The highest BCUT2D eigenvalue weighted by molar-refractivity contribution is 4.44. The summed E-state index contributed by atoms with van der Waals surface area (Å²) in [6.45, 7) is 0.713. The third-order valence-electron chi connectivity index (χ3n) is 0.790. The minimum Gasteiger partial charge on any atom is -0.384 e. The molecule has 1 saturated heterocycles. The molecule has 0 N–H and O–H groups in total. The second-order valence-electron chi connectivity index (χ2n) is 1.40. The van der Waals surface area contributed by atoms with Crippen LogP contribution in [-0.4, -0.2) is 20.0 Å². The van der Waals surface area contributed by atoms with Gasteiger partial charge in [0.15, 0.2) is 0 Å². The molecule has 0 spiro atoms. The molecule has 3 heteroatoms. The Morgan fingerprint density at radius 1 is 1.57 bits per heavy atom. The van der Waals surface area contributed by atoms with Crippen LogP contribution in [-0.2, 0) is 14.5 Å². The molecule has 0 aromatic rings. The zero-order valence-corrected chi connectivity index (χ0v) is 4.22. The predicted octanol–water partition coefficient (Wildman–Crippen LogP) is 0.311. The quantitative estimate of drug-likeness (QED) is 0.381. The van der Waals surface area contributed by atoms with E-state index in [4.69, 9.17) is 4.74 Å². The molecule has 0 radical (unpaired) electrons. The van der Waals surface area contributed by atoms with Gasteiger partial charge in [0.2, 0.25) is 6.29 Å². The van der Waals surface area contributed by atoms with E-state index in [9.17, 15) is 0 Å². The van der Waals surface area contributed by atoms with Crippen molar-refractivity contribution >= 4 is 0 Å². The summed E-state index contributed by atoms with van der Waals surface area (Å²) in [6.07, 6.45) is 0.871. The fourth-order valence-corrected chi connectivity index (χ4v) is 0.350. The Hall–Kier alpha value is -0.120. The number of methoxy groups -OCH3 is 1. The van der Waals surface area contributed by atoms with Crippen molar-refractivity contribution in [1.82, 2.24) is 0 Å². The Kier molecular flexibility index (Phi) is 1.62. The third-order valence-corrected chi connectivity index (χ3v) is 0.790. The second kappa shape index (κ2) is 2.26. The van der Waals surface area contributed by atoms with Gasteiger partial charge in [0.1, 0.15) is 0 Å². The van der Waals surface area contributed by atoms with Crippen molar-refractivity contribution in [2.75, 3.05) is 13.7 Å². The van der Waals surface area contributed by atoms with Crippen molar-refractivity contribution in [2.24, 2.45) is 0 Å². The minimum atomic E-state index is 0.0277. The second-order valence-corrected chi connectivity index (χ2v) is 1.40. The number of ether oxygens (including phenoxy) is 1. The normalized spacial score (nSPS) is 20.1. The zero-order chi connectivity index (χ0) is 5.11. The molecule has 1 rings (SSSR count). The summed E-state index contributed by atoms with van der Waals surface area (Å²) in [6, 6.07) is 0. The van der Waals surface area contributed by atoms with E-state index in [1.54, 1.807) is 7.11 Å². The van der Waals surface area contributed by atoms with Gasteiger partial charge in [-0.2, -0.15) is 9.78 Å². The van der Waals surface area contributed by atoms with Crippen molar-refractivity contribution in [3.63, 3.8) is 0 Å². The maximum absolute atomic E-state index is 4.73. The van der Waals surface area contributed by atoms with E-state index in [0.717, 1.165) is 6.42 Å². The molecule has 7 heavy (non-hydrogen) atoms. The van der Waals surface area contributed by atoms with Gasteiger partial charge in [-0.1, -0.05) is 0 Å². The molecule has 1 aliphatic rings. The zero-order valence-electron chi connectivity index (χ0n) is 4.22. The lowest BCUT2D eigenvalue weighted by Crippen LogP contribution is -1.92. The fraction of sp³-hybridized carbons (Fsp3) is 1.00. The maximum atomic E-state index is 4.73. The molecule has 0 unspecified atom stereocenters. The maximum Gasteiger partial charge on any atom is 0.226 e. The molecular formula is C4H8O3. The lowest BCUT2D eigenvalue weighted by Gasteiger charge is -1.87. The summed E-state index contributed by atoms with van der Waals surface area (Å²) in [5, 5.41) is 0. The first-order chi connectivity index (χ1) is 3.43. The predicted molar refractivity (Wildman–Crippen MR) is 22.5 cm³/mol. The standard InChI is InChI=1S/C4H8O3/c1-5-3-2-4-6-7-4/h4H,2-3H2,1H3. The monoisotopic (exact) mass is 104 g/mol. The first kappa shape index (κ1) is 5.03. The first-order valence-electron chi connectivity index (χ1n) is 2.24. The van der Waals surface area contributed by atoms with Gasteiger partial charge in [0.25, 0.3) is 0 Å². The highest BCUT2D eigenvalue weighted by Crippen LogP contribution is 2.14. The van der Waals surface area contributed by atoms with E-state index in [1.807, 2.05) is 0 Å². The van der Waals surface area contributed by atoms with Crippen LogP contribution in [0.15, 0.2) is 0 Å². The van der Waals surface area contributed by atoms with Crippen LogP contribution in [0.3, 0.4) is 0 Å². The Balaban J connectivity index is 1.80. The smallest absolute Gasteiger partial charge is 0.226 e. The van der Waals surface area contributed by atoms with Gasteiger partial charge in [-0.3, -0.25) is 0 Å². The average Bonchev–Trinajstić information content (AvgIpc) is 2.42. The Labute approximate surface area is 42.1 Å². The van der Waals surface area contributed by atoms with Gasteiger partial charge in [-0.25, -0.2) is 0 Å². The van der Waals surface area contributed by atoms with E-state index >= 15 is 0 Å². The van der Waals surface area contributed by atoms with Gasteiger partial charge in [0, 0.05) is 13.5 Å². The average molecular weight is 104 g/mol. The molecule has 0 saturated carbocycles. The molecule has 1 fully saturated rings. The number of rotatable bonds is 3. The molecule has 42 valence electrons. The van der Waals surface area contributed by atoms with Crippen molar-refractivity contribution in [3.05, 3.63) is 0 Å². The summed E-state index contributed by atoms with van der Waals surface area (Å²) < 4.78 is 4.73. The Morgan fingerprint density at radius 2 is 2.29 bits per heavy atom. The molecule has 0 aliphatic carbocycles. The van der Waals surface area contributed by atoms with E-state index in [0.29, 0.717) is 6.61 Å². The molecule has 1 heterocycles. The van der Waals surface area contributed by atoms with Gasteiger partial charge < -0.3 is 4.74 Å². The molecule has 3 nitrogen and oxygen atoms in total. The molecule has 0 bridgehead atoms. The van der Waals surface area contributed by atoms with Crippen LogP contribution in [0.4, 0.5) is 0 Å². The summed E-state index contributed by atoms with van der Waals surface area (Å²) in [7, 11) is 1.66. The Morgan fingerprint density at radius 3 is 2.71 bits per heavy atom. The number of hydrogen-bond donors (Lipinski definition) is 0.